The summed E-state index contributed by atoms with van der Waals surface area (Å²) in [6.07, 6.45) is 3.97. The molecule has 19 heavy (non-hydrogen) atoms. The lowest BCUT2D eigenvalue weighted by atomic mass is 10.00. The van der Waals surface area contributed by atoms with Crippen molar-refractivity contribution in [2.24, 2.45) is 5.92 Å². The molecule has 1 aliphatic heterocycles. The first kappa shape index (κ1) is 14.9. The van der Waals surface area contributed by atoms with E-state index in [0.29, 0.717) is 6.04 Å². The van der Waals surface area contributed by atoms with E-state index in [1.165, 1.54) is 36.1 Å². The maximum atomic E-state index is 3.68. The number of hydrogen-bond donors (Lipinski definition) is 1. The molecule has 0 spiro atoms. The van der Waals surface area contributed by atoms with Crippen LogP contribution in [-0.2, 0) is 6.42 Å². The van der Waals surface area contributed by atoms with E-state index in [4.69, 9.17) is 0 Å². The first-order valence-electron chi connectivity index (χ1n) is 7.59. The predicted octanol–water partition coefficient (Wildman–Crippen LogP) is 4.43. The first-order valence-corrected chi connectivity index (χ1v) is 8.64. The molecule has 0 amide bonds. The molecule has 1 saturated heterocycles. The van der Waals surface area contributed by atoms with Crippen molar-refractivity contribution in [2.75, 3.05) is 12.3 Å². The van der Waals surface area contributed by atoms with Gasteiger partial charge in [-0.05, 0) is 49.0 Å². The molecular formula is C17H27NS. The van der Waals surface area contributed by atoms with Gasteiger partial charge in [0.2, 0.25) is 0 Å². The van der Waals surface area contributed by atoms with E-state index in [0.717, 1.165) is 17.7 Å². The van der Waals surface area contributed by atoms with Crippen LogP contribution >= 0.6 is 11.8 Å². The van der Waals surface area contributed by atoms with Crippen molar-refractivity contribution in [1.29, 1.82) is 0 Å². The van der Waals surface area contributed by atoms with Gasteiger partial charge in [-0.25, -0.2) is 0 Å². The number of nitrogens with one attached hydrogen (secondary N) is 1. The summed E-state index contributed by atoms with van der Waals surface area (Å²) in [6.45, 7) is 7.98. The third-order valence-corrected chi connectivity index (χ3v) is 5.20. The van der Waals surface area contributed by atoms with Gasteiger partial charge in [-0.2, -0.15) is 11.8 Å². The van der Waals surface area contributed by atoms with Gasteiger partial charge in [-0.15, -0.1) is 0 Å². The lowest BCUT2D eigenvalue weighted by Gasteiger charge is -2.17. The molecule has 106 valence electrons. The lowest BCUT2D eigenvalue weighted by Crippen LogP contribution is -2.26. The minimum atomic E-state index is 0.467. The summed E-state index contributed by atoms with van der Waals surface area (Å²) in [5.41, 5.74) is 2.87. The molecule has 1 aromatic carbocycles. The molecule has 0 radical (unpaired) electrons. The Bertz CT molecular complexity index is 365. The van der Waals surface area contributed by atoms with Crippen molar-refractivity contribution < 1.29 is 0 Å². The van der Waals surface area contributed by atoms with Crippen LogP contribution in [0.3, 0.4) is 0 Å². The number of benzene rings is 1. The molecule has 2 atom stereocenters. The first-order chi connectivity index (χ1) is 9.15. The Morgan fingerprint density at radius 2 is 1.95 bits per heavy atom. The third-order valence-electron chi connectivity index (χ3n) is 3.80. The van der Waals surface area contributed by atoms with Gasteiger partial charge < -0.3 is 5.32 Å². The van der Waals surface area contributed by atoms with Crippen LogP contribution in [0.1, 0.15) is 50.8 Å². The highest BCUT2D eigenvalue weighted by atomic mass is 32.2. The molecule has 1 fully saturated rings. The van der Waals surface area contributed by atoms with Crippen molar-refractivity contribution in [3.05, 3.63) is 35.4 Å². The van der Waals surface area contributed by atoms with E-state index in [1.54, 1.807) is 0 Å². The molecule has 1 nitrogen and oxygen atoms in total. The maximum absolute atomic E-state index is 3.68. The van der Waals surface area contributed by atoms with E-state index in [-0.39, 0.29) is 0 Å². The van der Waals surface area contributed by atoms with Crippen LogP contribution in [0.5, 0.6) is 0 Å². The van der Waals surface area contributed by atoms with Crippen molar-refractivity contribution in [1.82, 2.24) is 5.32 Å². The Labute approximate surface area is 122 Å². The number of thioether (sulfide) groups is 1. The fourth-order valence-electron chi connectivity index (χ4n) is 2.65. The predicted molar refractivity (Wildman–Crippen MR) is 86.9 cm³/mol. The SMILES string of the molecule is CC(C)Cc1ccc(C(C)NCC2CCCS2)cc1. The minimum Gasteiger partial charge on any atom is -0.309 e. The molecule has 2 rings (SSSR count). The normalized spacial score (nSPS) is 20.9. The van der Waals surface area contributed by atoms with Gasteiger partial charge in [0.1, 0.15) is 0 Å². The lowest BCUT2D eigenvalue weighted by molar-refractivity contribution is 0.559. The van der Waals surface area contributed by atoms with Crippen molar-refractivity contribution >= 4 is 11.8 Å². The van der Waals surface area contributed by atoms with Crippen LogP contribution < -0.4 is 5.32 Å². The molecule has 0 aromatic heterocycles. The Kier molecular flexibility index (Phi) is 5.77. The Morgan fingerprint density at radius 3 is 2.53 bits per heavy atom. The van der Waals surface area contributed by atoms with Crippen LogP contribution in [0.15, 0.2) is 24.3 Å². The van der Waals surface area contributed by atoms with Crippen LogP contribution in [0.25, 0.3) is 0 Å². The van der Waals surface area contributed by atoms with Crippen LogP contribution in [0.4, 0.5) is 0 Å². The minimum absolute atomic E-state index is 0.467. The van der Waals surface area contributed by atoms with Crippen molar-refractivity contribution in [2.45, 2.75) is 51.3 Å². The van der Waals surface area contributed by atoms with Gasteiger partial charge in [0.05, 0.1) is 0 Å². The largest absolute Gasteiger partial charge is 0.309 e. The van der Waals surface area contributed by atoms with Crippen molar-refractivity contribution in [3.63, 3.8) is 0 Å². The molecule has 1 aliphatic rings. The third kappa shape index (κ3) is 4.85. The molecule has 1 heterocycles. The summed E-state index contributed by atoms with van der Waals surface area (Å²) in [5.74, 6) is 2.09. The van der Waals surface area contributed by atoms with Crippen molar-refractivity contribution in [3.8, 4) is 0 Å². The van der Waals surface area contributed by atoms with E-state index in [2.05, 4.69) is 62.1 Å². The Morgan fingerprint density at radius 1 is 1.21 bits per heavy atom. The Balaban J connectivity index is 1.82. The maximum Gasteiger partial charge on any atom is 0.0292 e. The second kappa shape index (κ2) is 7.35. The van der Waals surface area contributed by atoms with Gasteiger partial charge in [0, 0.05) is 17.8 Å². The smallest absolute Gasteiger partial charge is 0.0292 e. The van der Waals surface area contributed by atoms with Gasteiger partial charge in [0.25, 0.3) is 0 Å². The average molecular weight is 277 g/mol. The number of rotatable bonds is 6. The van der Waals surface area contributed by atoms with Crippen LogP contribution in [0.2, 0.25) is 0 Å². The highest BCUT2D eigenvalue weighted by molar-refractivity contribution is 8.00. The standard InChI is InChI=1S/C17H27NS/c1-13(2)11-15-6-8-16(9-7-15)14(3)18-12-17-5-4-10-19-17/h6-9,13-14,17-18H,4-5,10-12H2,1-3H3. The molecule has 0 saturated carbocycles. The fourth-order valence-corrected chi connectivity index (χ4v) is 3.86. The second-order valence-electron chi connectivity index (χ2n) is 6.10. The summed E-state index contributed by atoms with van der Waals surface area (Å²) < 4.78 is 0. The molecule has 0 bridgehead atoms. The van der Waals surface area contributed by atoms with E-state index >= 15 is 0 Å². The Hall–Kier alpha value is -0.470. The highest BCUT2D eigenvalue weighted by Gasteiger charge is 2.16. The molecule has 1 N–H and O–H groups in total. The molecule has 2 unspecified atom stereocenters. The summed E-state index contributed by atoms with van der Waals surface area (Å²) in [5, 5.41) is 4.52. The zero-order valence-electron chi connectivity index (χ0n) is 12.5. The summed E-state index contributed by atoms with van der Waals surface area (Å²) in [7, 11) is 0. The second-order valence-corrected chi connectivity index (χ2v) is 7.51. The average Bonchev–Trinajstić information content (AvgIpc) is 2.89. The highest BCUT2D eigenvalue weighted by Crippen LogP contribution is 2.26. The van der Waals surface area contributed by atoms with E-state index in [9.17, 15) is 0 Å². The van der Waals surface area contributed by atoms with Gasteiger partial charge in [-0.3, -0.25) is 0 Å². The van der Waals surface area contributed by atoms with E-state index < -0.39 is 0 Å². The van der Waals surface area contributed by atoms with Gasteiger partial charge in [0.15, 0.2) is 0 Å². The zero-order chi connectivity index (χ0) is 13.7. The molecular weight excluding hydrogens is 250 g/mol. The van der Waals surface area contributed by atoms with Crippen LogP contribution in [0, 0.1) is 5.92 Å². The quantitative estimate of drug-likeness (QED) is 0.825. The van der Waals surface area contributed by atoms with E-state index in [1.807, 2.05) is 0 Å². The van der Waals surface area contributed by atoms with Crippen LogP contribution in [-0.4, -0.2) is 17.5 Å². The summed E-state index contributed by atoms with van der Waals surface area (Å²) in [6, 6.07) is 9.62. The molecule has 0 aliphatic carbocycles. The van der Waals surface area contributed by atoms with Gasteiger partial charge >= 0.3 is 0 Å². The summed E-state index contributed by atoms with van der Waals surface area (Å²) >= 11 is 2.13. The summed E-state index contributed by atoms with van der Waals surface area (Å²) in [4.78, 5) is 0. The number of hydrogen-bond acceptors (Lipinski definition) is 2. The molecule has 2 heteroatoms. The fraction of sp³-hybridized carbons (Fsp3) is 0.647. The zero-order valence-corrected chi connectivity index (χ0v) is 13.3. The monoisotopic (exact) mass is 277 g/mol. The molecule has 1 aromatic rings. The van der Waals surface area contributed by atoms with Gasteiger partial charge in [-0.1, -0.05) is 38.1 Å². The topological polar surface area (TPSA) is 12.0 Å².